The molecule has 1 aromatic carbocycles. The van der Waals surface area contributed by atoms with Crippen molar-refractivity contribution >= 4 is 0 Å². The third-order valence-electron chi connectivity index (χ3n) is 4.13. The Morgan fingerprint density at radius 1 is 1.44 bits per heavy atom. The Morgan fingerprint density at radius 2 is 2.28 bits per heavy atom. The zero-order valence-corrected chi connectivity index (χ0v) is 10.8. The standard InChI is InChI=1S/C14H19NO3/c1-9-14(5-6-17-9)8-12(15)11-7-10(16-2)3-4-13(11)18-14/h3-4,7,9,12H,5-6,8,15H2,1-2H3/t9?,12-,14?/m0/s1. The molecule has 0 aromatic heterocycles. The topological polar surface area (TPSA) is 53.7 Å². The minimum absolute atomic E-state index is 0.0204. The van der Waals surface area contributed by atoms with Crippen LogP contribution in [0.25, 0.3) is 0 Å². The van der Waals surface area contributed by atoms with Gasteiger partial charge in [0, 0.05) is 24.4 Å². The van der Waals surface area contributed by atoms with E-state index in [1.807, 2.05) is 18.2 Å². The Kier molecular flexibility index (Phi) is 2.72. The summed E-state index contributed by atoms with van der Waals surface area (Å²) in [6.07, 6.45) is 1.81. The van der Waals surface area contributed by atoms with Crippen LogP contribution in [0.4, 0.5) is 0 Å². The van der Waals surface area contributed by atoms with Crippen LogP contribution in [0.3, 0.4) is 0 Å². The lowest BCUT2D eigenvalue weighted by Gasteiger charge is -2.40. The molecule has 2 heterocycles. The van der Waals surface area contributed by atoms with Gasteiger partial charge in [0.15, 0.2) is 0 Å². The SMILES string of the molecule is COc1ccc2c(c1)[C@@H](N)CC1(CCOC1C)O2. The zero-order chi connectivity index (χ0) is 12.8. The lowest BCUT2D eigenvalue weighted by atomic mass is 9.83. The van der Waals surface area contributed by atoms with Gasteiger partial charge in [-0.1, -0.05) is 0 Å². The first-order valence-corrected chi connectivity index (χ1v) is 6.39. The lowest BCUT2D eigenvalue weighted by Crippen LogP contribution is -2.47. The largest absolute Gasteiger partial charge is 0.497 e. The van der Waals surface area contributed by atoms with E-state index in [2.05, 4.69) is 6.92 Å². The van der Waals surface area contributed by atoms with E-state index in [1.54, 1.807) is 7.11 Å². The summed E-state index contributed by atoms with van der Waals surface area (Å²) in [7, 11) is 1.66. The highest BCUT2D eigenvalue weighted by atomic mass is 16.6. The molecule has 0 bridgehead atoms. The first kappa shape index (κ1) is 11.8. The maximum absolute atomic E-state index is 6.30. The van der Waals surface area contributed by atoms with Crippen molar-refractivity contribution in [2.24, 2.45) is 5.73 Å². The third kappa shape index (κ3) is 1.68. The molecule has 0 saturated carbocycles. The van der Waals surface area contributed by atoms with Crippen molar-refractivity contribution in [3.63, 3.8) is 0 Å². The highest BCUT2D eigenvalue weighted by Crippen LogP contribution is 2.45. The van der Waals surface area contributed by atoms with Crippen LogP contribution in [-0.2, 0) is 4.74 Å². The summed E-state index contributed by atoms with van der Waals surface area (Å²) in [5.41, 5.74) is 7.07. The van der Waals surface area contributed by atoms with E-state index in [1.165, 1.54) is 0 Å². The van der Waals surface area contributed by atoms with Crippen LogP contribution in [0.1, 0.15) is 31.4 Å². The van der Waals surface area contributed by atoms with Gasteiger partial charge in [-0.05, 0) is 25.1 Å². The van der Waals surface area contributed by atoms with Gasteiger partial charge in [-0.3, -0.25) is 0 Å². The maximum Gasteiger partial charge on any atom is 0.139 e. The summed E-state index contributed by atoms with van der Waals surface area (Å²) in [5.74, 6) is 1.69. The summed E-state index contributed by atoms with van der Waals surface area (Å²) in [5, 5.41) is 0. The van der Waals surface area contributed by atoms with Crippen molar-refractivity contribution in [1.29, 1.82) is 0 Å². The molecule has 0 aliphatic carbocycles. The van der Waals surface area contributed by atoms with Crippen LogP contribution in [0, 0.1) is 0 Å². The summed E-state index contributed by atoms with van der Waals surface area (Å²) in [6, 6.07) is 5.80. The van der Waals surface area contributed by atoms with Gasteiger partial charge in [0.25, 0.3) is 0 Å². The summed E-state index contributed by atoms with van der Waals surface area (Å²) in [6.45, 7) is 2.81. The molecule has 2 aliphatic rings. The predicted molar refractivity (Wildman–Crippen MR) is 67.9 cm³/mol. The minimum atomic E-state index is -0.249. The first-order chi connectivity index (χ1) is 8.64. The summed E-state index contributed by atoms with van der Waals surface area (Å²) < 4.78 is 17.1. The van der Waals surface area contributed by atoms with E-state index in [4.69, 9.17) is 19.9 Å². The van der Waals surface area contributed by atoms with Crippen LogP contribution < -0.4 is 15.2 Å². The smallest absolute Gasteiger partial charge is 0.139 e. The average molecular weight is 249 g/mol. The molecule has 3 atom stereocenters. The van der Waals surface area contributed by atoms with E-state index in [0.29, 0.717) is 0 Å². The number of hydrogen-bond acceptors (Lipinski definition) is 4. The Labute approximate surface area is 107 Å². The third-order valence-corrected chi connectivity index (χ3v) is 4.13. The number of ether oxygens (including phenoxy) is 3. The van der Waals surface area contributed by atoms with Crippen LogP contribution >= 0.6 is 0 Å². The Bertz CT molecular complexity index is 462. The van der Waals surface area contributed by atoms with E-state index >= 15 is 0 Å². The molecule has 2 aliphatic heterocycles. The second-order valence-corrected chi connectivity index (χ2v) is 5.14. The van der Waals surface area contributed by atoms with Gasteiger partial charge in [0.05, 0.1) is 19.8 Å². The van der Waals surface area contributed by atoms with Crippen molar-refractivity contribution in [3.8, 4) is 11.5 Å². The fourth-order valence-electron chi connectivity index (χ4n) is 2.94. The Balaban J connectivity index is 1.98. The molecule has 0 radical (unpaired) electrons. The van der Waals surface area contributed by atoms with Crippen LogP contribution in [-0.4, -0.2) is 25.4 Å². The van der Waals surface area contributed by atoms with Gasteiger partial charge >= 0.3 is 0 Å². The highest BCUT2D eigenvalue weighted by molar-refractivity contribution is 5.44. The molecule has 1 aromatic rings. The lowest BCUT2D eigenvalue weighted by molar-refractivity contribution is -0.0275. The first-order valence-electron chi connectivity index (χ1n) is 6.39. The number of fused-ring (bicyclic) bond motifs is 1. The molecular weight excluding hydrogens is 230 g/mol. The summed E-state index contributed by atoms with van der Waals surface area (Å²) >= 11 is 0. The molecule has 4 heteroatoms. The van der Waals surface area contributed by atoms with Gasteiger partial charge in [-0.2, -0.15) is 0 Å². The normalized spacial score (nSPS) is 34.2. The molecule has 1 spiro atoms. The number of rotatable bonds is 1. The second kappa shape index (κ2) is 4.14. The minimum Gasteiger partial charge on any atom is -0.497 e. The zero-order valence-electron chi connectivity index (χ0n) is 10.8. The van der Waals surface area contributed by atoms with Gasteiger partial charge in [0.1, 0.15) is 17.1 Å². The van der Waals surface area contributed by atoms with E-state index in [-0.39, 0.29) is 17.7 Å². The maximum atomic E-state index is 6.30. The molecule has 4 nitrogen and oxygen atoms in total. The summed E-state index contributed by atoms with van der Waals surface area (Å²) in [4.78, 5) is 0. The molecule has 98 valence electrons. The molecule has 18 heavy (non-hydrogen) atoms. The van der Waals surface area contributed by atoms with Crippen molar-refractivity contribution in [2.75, 3.05) is 13.7 Å². The van der Waals surface area contributed by atoms with Gasteiger partial charge in [-0.15, -0.1) is 0 Å². The van der Waals surface area contributed by atoms with Gasteiger partial charge in [0.2, 0.25) is 0 Å². The Morgan fingerprint density at radius 3 is 2.94 bits per heavy atom. The fourth-order valence-corrected chi connectivity index (χ4v) is 2.94. The fraction of sp³-hybridized carbons (Fsp3) is 0.571. The van der Waals surface area contributed by atoms with Crippen LogP contribution in [0.15, 0.2) is 18.2 Å². The Hall–Kier alpha value is -1.26. The van der Waals surface area contributed by atoms with Crippen molar-refractivity contribution in [3.05, 3.63) is 23.8 Å². The van der Waals surface area contributed by atoms with E-state index < -0.39 is 0 Å². The van der Waals surface area contributed by atoms with Gasteiger partial charge < -0.3 is 19.9 Å². The number of hydrogen-bond donors (Lipinski definition) is 1. The molecule has 2 unspecified atom stereocenters. The predicted octanol–water partition coefficient (Wildman–Crippen LogP) is 2.03. The molecule has 1 fully saturated rings. The van der Waals surface area contributed by atoms with Crippen molar-refractivity contribution in [2.45, 2.75) is 37.5 Å². The molecular formula is C14H19NO3. The number of benzene rings is 1. The number of nitrogens with two attached hydrogens (primary N) is 1. The quantitative estimate of drug-likeness (QED) is 0.827. The van der Waals surface area contributed by atoms with Crippen LogP contribution in [0.2, 0.25) is 0 Å². The molecule has 0 amide bonds. The number of methoxy groups -OCH3 is 1. The van der Waals surface area contributed by atoms with Crippen molar-refractivity contribution in [1.82, 2.24) is 0 Å². The van der Waals surface area contributed by atoms with Gasteiger partial charge in [-0.25, -0.2) is 0 Å². The van der Waals surface area contributed by atoms with E-state index in [0.717, 1.165) is 36.5 Å². The molecule has 2 N–H and O–H groups in total. The molecule has 3 rings (SSSR count). The second-order valence-electron chi connectivity index (χ2n) is 5.14. The highest BCUT2D eigenvalue weighted by Gasteiger charge is 2.48. The van der Waals surface area contributed by atoms with Crippen LogP contribution in [0.5, 0.6) is 11.5 Å². The van der Waals surface area contributed by atoms with Crippen molar-refractivity contribution < 1.29 is 14.2 Å². The molecule has 1 saturated heterocycles. The average Bonchev–Trinajstić information content (AvgIpc) is 2.70. The van der Waals surface area contributed by atoms with E-state index in [9.17, 15) is 0 Å². The monoisotopic (exact) mass is 249 g/mol.